The summed E-state index contributed by atoms with van der Waals surface area (Å²) >= 11 is 1.00. The molecule has 2 heterocycles. The van der Waals surface area contributed by atoms with Crippen LogP contribution in [0.5, 0.6) is 0 Å². The minimum absolute atomic E-state index is 0.0580. The highest BCUT2D eigenvalue weighted by Crippen LogP contribution is 2.23. The number of aromatic nitrogens is 2. The van der Waals surface area contributed by atoms with E-state index in [9.17, 15) is 18.8 Å². The number of nitrogens with zero attached hydrogens (tertiary/aromatic N) is 2. The maximum atomic E-state index is 14.2. The number of hydrogen-bond acceptors (Lipinski definition) is 6. The Bertz CT molecular complexity index is 1090. The monoisotopic (exact) mass is 389 g/mol. The van der Waals surface area contributed by atoms with Crippen LogP contribution in [-0.2, 0) is 16.1 Å². The zero-order chi connectivity index (χ0) is 19.6. The number of carbonyl (C=O) groups excluding carboxylic acids is 2. The molecule has 0 spiro atoms. The molecule has 0 saturated carbocycles. The molecule has 0 atom stereocenters. The molecular weight excluding hydrogens is 373 g/mol. The highest BCUT2D eigenvalue weighted by Gasteiger charge is 2.18. The van der Waals surface area contributed by atoms with Crippen LogP contribution in [0.25, 0.3) is 10.9 Å². The first-order valence-electron chi connectivity index (χ1n) is 8.12. The number of carbonyl (C=O) groups is 2. The Kier molecular flexibility index (Phi) is 5.31. The van der Waals surface area contributed by atoms with Gasteiger partial charge < -0.3 is 14.6 Å². The first kappa shape index (κ1) is 18.7. The molecule has 0 radical (unpaired) electrons. The van der Waals surface area contributed by atoms with Gasteiger partial charge in [0.25, 0.3) is 0 Å². The van der Waals surface area contributed by atoms with Crippen LogP contribution in [0.1, 0.15) is 22.3 Å². The number of nitrogens with one attached hydrogen (secondary N) is 1. The fraction of sp³-hybridized carbons (Fsp3) is 0.222. The maximum Gasteiger partial charge on any atom is 0.350 e. The summed E-state index contributed by atoms with van der Waals surface area (Å²) in [6.45, 7) is 3.36. The van der Waals surface area contributed by atoms with Gasteiger partial charge in [-0.15, -0.1) is 0 Å². The maximum absolute atomic E-state index is 14.2. The number of para-hydroxylation sites is 1. The van der Waals surface area contributed by atoms with Crippen molar-refractivity contribution < 1.29 is 18.7 Å². The van der Waals surface area contributed by atoms with Crippen molar-refractivity contribution in [2.24, 2.45) is 0 Å². The average molecular weight is 389 g/mol. The number of fused-ring (bicyclic) bond motifs is 1. The zero-order valence-electron chi connectivity index (χ0n) is 14.6. The molecule has 1 aromatic carbocycles. The number of amides is 1. The fourth-order valence-electron chi connectivity index (χ4n) is 2.61. The van der Waals surface area contributed by atoms with Crippen LogP contribution in [0.3, 0.4) is 0 Å². The van der Waals surface area contributed by atoms with E-state index >= 15 is 0 Å². The Morgan fingerprint density at radius 1 is 1.33 bits per heavy atom. The summed E-state index contributed by atoms with van der Waals surface area (Å²) in [7, 11) is 0. The Balaban J connectivity index is 1.82. The van der Waals surface area contributed by atoms with E-state index in [1.807, 2.05) is 0 Å². The Hall–Kier alpha value is -3.07. The van der Waals surface area contributed by atoms with E-state index in [-0.39, 0.29) is 34.6 Å². The molecule has 0 aliphatic carbocycles. The third kappa shape index (κ3) is 3.87. The van der Waals surface area contributed by atoms with Crippen LogP contribution in [0.4, 0.5) is 9.52 Å². The van der Waals surface area contributed by atoms with Crippen molar-refractivity contribution in [3.63, 3.8) is 0 Å². The van der Waals surface area contributed by atoms with Gasteiger partial charge in [-0.3, -0.25) is 9.59 Å². The van der Waals surface area contributed by atoms with E-state index in [1.54, 1.807) is 13.8 Å². The molecule has 0 fully saturated rings. The minimum atomic E-state index is -0.590. The summed E-state index contributed by atoms with van der Waals surface area (Å²) in [5, 5.41) is 3.02. The van der Waals surface area contributed by atoms with Crippen LogP contribution < -0.4 is 10.7 Å². The Morgan fingerprint density at radius 2 is 2.11 bits per heavy atom. The van der Waals surface area contributed by atoms with Crippen molar-refractivity contribution in [1.82, 2.24) is 9.55 Å². The molecule has 3 rings (SSSR count). The van der Waals surface area contributed by atoms with Gasteiger partial charge in [-0.2, -0.15) is 0 Å². The summed E-state index contributed by atoms with van der Waals surface area (Å²) in [5.74, 6) is -1.55. The smallest absolute Gasteiger partial charge is 0.350 e. The molecule has 9 heteroatoms. The molecule has 0 unspecified atom stereocenters. The number of ether oxygens (including phenoxy) is 1. The van der Waals surface area contributed by atoms with Gasteiger partial charge in [-0.1, -0.05) is 17.4 Å². The second-order valence-electron chi connectivity index (χ2n) is 5.65. The summed E-state index contributed by atoms with van der Waals surface area (Å²) in [4.78, 5) is 40.5. The predicted molar refractivity (Wildman–Crippen MR) is 99.6 cm³/mol. The molecule has 1 amide bonds. The summed E-state index contributed by atoms with van der Waals surface area (Å²) in [5.41, 5.74) is 0.187. The molecule has 0 aliphatic heterocycles. The van der Waals surface area contributed by atoms with Crippen LogP contribution in [0.15, 0.2) is 35.3 Å². The first-order chi connectivity index (χ1) is 12.9. The summed E-state index contributed by atoms with van der Waals surface area (Å²) in [6.07, 6.45) is 1.37. The fourth-order valence-corrected chi connectivity index (χ4v) is 3.49. The lowest BCUT2D eigenvalue weighted by Crippen LogP contribution is -2.20. The van der Waals surface area contributed by atoms with Gasteiger partial charge in [0.05, 0.1) is 17.8 Å². The van der Waals surface area contributed by atoms with E-state index in [2.05, 4.69) is 10.3 Å². The van der Waals surface area contributed by atoms with Crippen LogP contribution in [0.2, 0.25) is 0 Å². The van der Waals surface area contributed by atoms with Crippen molar-refractivity contribution in [1.29, 1.82) is 0 Å². The number of anilines is 1. The quantitative estimate of drug-likeness (QED) is 0.678. The predicted octanol–water partition coefficient (Wildman–Crippen LogP) is 2.72. The average Bonchev–Trinajstić information content (AvgIpc) is 2.98. The largest absolute Gasteiger partial charge is 0.462 e. The highest BCUT2D eigenvalue weighted by molar-refractivity contribution is 7.17. The Labute approximate surface area is 157 Å². The molecule has 0 aliphatic rings. The van der Waals surface area contributed by atoms with Gasteiger partial charge in [-0.25, -0.2) is 14.2 Å². The molecule has 0 bridgehead atoms. The highest BCUT2D eigenvalue weighted by atomic mass is 32.1. The summed E-state index contributed by atoms with van der Waals surface area (Å²) in [6, 6.07) is 5.46. The first-order valence-corrected chi connectivity index (χ1v) is 8.94. The molecule has 1 N–H and O–H groups in total. The van der Waals surface area contributed by atoms with Crippen molar-refractivity contribution in [3.05, 3.63) is 57.1 Å². The molecule has 0 saturated heterocycles. The van der Waals surface area contributed by atoms with Crippen LogP contribution in [-0.4, -0.2) is 28.0 Å². The van der Waals surface area contributed by atoms with Crippen molar-refractivity contribution >= 4 is 39.2 Å². The SMILES string of the molecule is CCOC(=O)c1sc(NC(=O)Cn2ccc(=O)c3cccc(F)c32)nc1C. The van der Waals surface area contributed by atoms with Gasteiger partial charge in [-0.05, 0) is 26.0 Å². The molecule has 7 nitrogen and oxygen atoms in total. The number of benzene rings is 1. The van der Waals surface area contributed by atoms with Gasteiger partial charge in [0.2, 0.25) is 5.91 Å². The zero-order valence-corrected chi connectivity index (χ0v) is 15.4. The van der Waals surface area contributed by atoms with Crippen molar-refractivity contribution in [2.75, 3.05) is 11.9 Å². The third-order valence-corrected chi connectivity index (χ3v) is 4.82. The van der Waals surface area contributed by atoms with Gasteiger partial charge in [0.1, 0.15) is 17.2 Å². The van der Waals surface area contributed by atoms with Gasteiger partial charge in [0.15, 0.2) is 10.6 Å². The van der Waals surface area contributed by atoms with Gasteiger partial charge >= 0.3 is 5.97 Å². The number of rotatable bonds is 5. The molecule has 140 valence electrons. The number of halogens is 1. The van der Waals surface area contributed by atoms with Crippen LogP contribution in [0, 0.1) is 12.7 Å². The Morgan fingerprint density at radius 3 is 2.85 bits per heavy atom. The number of esters is 1. The van der Waals surface area contributed by atoms with Crippen molar-refractivity contribution in [3.8, 4) is 0 Å². The van der Waals surface area contributed by atoms with E-state index in [1.165, 1.54) is 35.0 Å². The third-order valence-electron chi connectivity index (χ3n) is 3.76. The number of thiazole rings is 1. The van der Waals surface area contributed by atoms with E-state index in [0.29, 0.717) is 10.6 Å². The number of hydrogen-bond donors (Lipinski definition) is 1. The van der Waals surface area contributed by atoms with E-state index in [0.717, 1.165) is 11.3 Å². The second-order valence-corrected chi connectivity index (χ2v) is 6.65. The molecule has 2 aromatic heterocycles. The lowest BCUT2D eigenvalue weighted by Gasteiger charge is -2.10. The summed E-state index contributed by atoms with van der Waals surface area (Å²) < 4.78 is 20.5. The lowest BCUT2D eigenvalue weighted by atomic mass is 10.2. The number of aryl methyl sites for hydroxylation is 1. The van der Waals surface area contributed by atoms with Crippen molar-refractivity contribution in [2.45, 2.75) is 20.4 Å². The topological polar surface area (TPSA) is 90.3 Å². The second kappa shape index (κ2) is 7.67. The molecule has 27 heavy (non-hydrogen) atoms. The normalized spacial score (nSPS) is 10.8. The standard InChI is InChI=1S/C18H16FN3O4S/c1-3-26-17(25)16-10(2)20-18(27-16)21-14(24)9-22-8-7-13(23)11-5-4-6-12(19)15(11)22/h4-8H,3,9H2,1-2H3,(H,20,21,24). The lowest BCUT2D eigenvalue weighted by molar-refractivity contribution is -0.116. The molecular formula is C18H16FN3O4S. The van der Waals surface area contributed by atoms with E-state index < -0.39 is 17.7 Å². The minimum Gasteiger partial charge on any atom is -0.462 e. The molecule has 3 aromatic rings. The van der Waals surface area contributed by atoms with Gasteiger partial charge in [0, 0.05) is 17.6 Å². The van der Waals surface area contributed by atoms with Crippen LogP contribution >= 0.6 is 11.3 Å². The van der Waals surface area contributed by atoms with E-state index in [4.69, 9.17) is 4.74 Å². The number of pyridine rings is 1.